The summed E-state index contributed by atoms with van der Waals surface area (Å²) in [5.41, 5.74) is 0.218. The van der Waals surface area contributed by atoms with Crippen LogP contribution >= 0.6 is 23.2 Å². The Hall–Kier alpha value is -2.12. The summed E-state index contributed by atoms with van der Waals surface area (Å²) < 4.78 is 4.88. The summed E-state index contributed by atoms with van der Waals surface area (Å²) >= 11 is 11.9. The van der Waals surface area contributed by atoms with E-state index in [2.05, 4.69) is 5.32 Å². The molecule has 2 fully saturated rings. The average Bonchev–Trinajstić information content (AvgIpc) is 2.88. The molecule has 1 saturated carbocycles. The van der Waals surface area contributed by atoms with Crippen LogP contribution in [0.1, 0.15) is 25.7 Å². The Bertz CT molecular complexity index is 754. The summed E-state index contributed by atoms with van der Waals surface area (Å²) in [5, 5.41) is 2.95. The highest BCUT2D eigenvalue weighted by Crippen LogP contribution is 2.37. The quantitative estimate of drug-likeness (QED) is 0.592. The van der Waals surface area contributed by atoms with E-state index in [9.17, 15) is 19.2 Å². The van der Waals surface area contributed by atoms with Gasteiger partial charge in [-0.05, 0) is 25.0 Å². The number of para-hydroxylation sites is 1. The topological polar surface area (TPSA) is 92.8 Å². The first-order valence-electron chi connectivity index (χ1n) is 8.63. The first kappa shape index (κ1) is 19.6. The zero-order valence-electron chi connectivity index (χ0n) is 14.4. The standard InChI is InChI=1S/C18H18Cl2N2O5/c19-12-6-3-7-13(20)16(12)21-14(23)9-27-15(24)8-22-17(25)10-4-1-2-5-11(10)18(22)26/h3,6-7,10-11H,1-2,4-5,8-9H2,(H,21,23)/t10-,11-/m1/s1. The van der Waals surface area contributed by atoms with E-state index in [-0.39, 0.29) is 39.4 Å². The molecule has 1 aliphatic heterocycles. The van der Waals surface area contributed by atoms with Crippen LogP contribution in [0.2, 0.25) is 10.0 Å². The molecule has 2 atom stereocenters. The van der Waals surface area contributed by atoms with Gasteiger partial charge in [-0.1, -0.05) is 42.1 Å². The van der Waals surface area contributed by atoms with Gasteiger partial charge >= 0.3 is 5.97 Å². The number of hydrogen-bond acceptors (Lipinski definition) is 5. The number of nitrogens with one attached hydrogen (secondary N) is 1. The minimum absolute atomic E-state index is 0.218. The Morgan fingerprint density at radius 3 is 2.19 bits per heavy atom. The lowest BCUT2D eigenvalue weighted by Gasteiger charge is -2.19. The van der Waals surface area contributed by atoms with Gasteiger partial charge in [0.2, 0.25) is 11.8 Å². The van der Waals surface area contributed by atoms with Gasteiger partial charge < -0.3 is 10.1 Å². The van der Waals surface area contributed by atoms with Crippen LogP contribution < -0.4 is 5.32 Å². The normalized spacial score (nSPS) is 21.8. The van der Waals surface area contributed by atoms with E-state index in [0.717, 1.165) is 17.7 Å². The molecule has 1 aliphatic carbocycles. The molecule has 1 saturated heterocycles. The van der Waals surface area contributed by atoms with Crippen molar-refractivity contribution in [3.05, 3.63) is 28.2 Å². The molecule has 0 unspecified atom stereocenters. The zero-order chi connectivity index (χ0) is 19.6. The lowest BCUT2D eigenvalue weighted by atomic mass is 9.81. The number of hydrogen-bond donors (Lipinski definition) is 1. The third-order valence-electron chi connectivity index (χ3n) is 4.81. The third kappa shape index (κ3) is 4.25. The molecule has 3 rings (SSSR count). The zero-order valence-corrected chi connectivity index (χ0v) is 15.9. The second kappa shape index (κ2) is 8.27. The fraction of sp³-hybridized carbons (Fsp3) is 0.444. The Kier molecular flexibility index (Phi) is 6.01. The van der Waals surface area contributed by atoms with Crippen molar-refractivity contribution in [3.63, 3.8) is 0 Å². The number of carbonyl (C=O) groups is 4. The molecule has 1 heterocycles. The maximum atomic E-state index is 12.3. The number of anilines is 1. The highest BCUT2D eigenvalue weighted by molar-refractivity contribution is 6.39. The molecule has 0 spiro atoms. The Morgan fingerprint density at radius 2 is 1.63 bits per heavy atom. The average molecular weight is 413 g/mol. The first-order valence-corrected chi connectivity index (χ1v) is 9.38. The van der Waals surface area contributed by atoms with Crippen LogP contribution in [0, 0.1) is 11.8 Å². The number of nitrogens with zero attached hydrogens (tertiary/aromatic N) is 1. The molecule has 1 aromatic carbocycles. The molecular formula is C18H18Cl2N2O5. The second-order valence-electron chi connectivity index (χ2n) is 6.57. The Balaban J connectivity index is 1.52. The van der Waals surface area contributed by atoms with Gasteiger partial charge in [0.1, 0.15) is 6.54 Å². The third-order valence-corrected chi connectivity index (χ3v) is 5.44. The maximum Gasteiger partial charge on any atom is 0.326 e. The SMILES string of the molecule is O=C(COC(=O)CN1C(=O)[C@@H]2CCCC[C@H]2C1=O)Nc1c(Cl)cccc1Cl. The fourth-order valence-corrected chi connectivity index (χ4v) is 3.99. The van der Waals surface area contributed by atoms with E-state index < -0.39 is 25.0 Å². The minimum Gasteiger partial charge on any atom is -0.454 e. The van der Waals surface area contributed by atoms with Gasteiger partial charge in [-0.3, -0.25) is 24.1 Å². The molecule has 1 aromatic rings. The van der Waals surface area contributed by atoms with Crippen molar-refractivity contribution < 1.29 is 23.9 Å². The number of amides is 3. The molecule has 0 aromatic heterocycles. The van der Waals surface area contributed by atoms with Gasteiger partial charge in [0.25, 0.3) is 5.91 Å². The van der Waals surface area contributed by atoms with Crippen LogP contribution in [-0.2, 0) is 23.9 Å². The Morgan fingerprint density at radius 1 is 1.07 bits per heavy atom. The molecule has 9 heteroatoms. The highest BCUT2D eigenvalue weighted by atomic mass is 35.5. The van der Waals surface area contributed by atoms with Gasteiger partial charge in [-0.25, -0.2) is 0 Å². The molecular weight excluding hydrogens is 395 g/mol. The molecule has 7 nitrogen and oxygen atoms in total. The van der Waals surface area contributed by atoms with Gasteiger partial charge in [-0.15, -0.1) is 0 Å². The predicted octanol–water partition coefficient (Wildman–Crippen LogP) is 2.65. The molecule has 0 bridgehead atoms. The number of likely N-dealkylation sites (tertiary alicyclic amines) is 1. The lowest BCUT2D eigenvalue weighted by molar-refractivity contribution is -0.154. The first-order chi connectivity index (χ1) is 12.9. The van der Waals surface area contributed by atoms with E-state index in [0.29, 0.717) is 12.8 Å². The maximum absolute atomic E-state index is 12.3. The van der Waals surface area contributed by atoms with Crippen LogP contribution in [0.15, 0.2) is 18.2 Å². The number of esters is 1. The number of imide groups is 1. The van der Waals surface area contributed by atoms with E-state index in [1.165, 1.54) is 0 Å². The second-order valence-corrected chi connectivity index (χ2v) is 7.38. The predicted molar refractivity (Wildman–Crippen MR) is 98.2 cm³/mol. The van der Waals surface area contributed by atoms with Crippen LogP contribution in [0.4, 0.5) is 5.69 Å². The molecule has 1 N–H and O–H groups in total. The van der Waals surface area contributed by atoms with Gasteiger partial charge in [-0.2, -0.15) is 0 Å². The van der Waals surface area contributed by atoms with E-state index in [4.69, 9.17) is 27.9 Å². The van der Waals surface area contributed by atoms with Gasteiger partial charge in [0.05, 0.1) is 27.6 Å². The number of ether oxygens (including phenoxy) is 1. The number of benzene rings is 1. The lowest BCUT2D eigenvalue weighted by Crippen LogP contribution is -2.37. The number of halogens is 2. The van der Waals surface area contributed by atoms with Crippen LogP contribution in [0.25, 0.3) is 0 Å². The van der Waals surface area contributed by atoms with Crippen molar-refractivity contribution in [1.29, 1.82) is 0 Å². The van der Waals surface area contributed by atoms with Crippen molar-refractivity contribution in [3.8, 4) is 0 Å². The van der Waals surface area contributed by atoms with Crippen molar-refractivity contribution in [2.24, 2.45) is 11.8 Å². The van der Waals surface area contributed by atoms with Gasteiger partial charge in [0.15, 0.2) is 6.61 Å². The van der Waals surface area contributed by atoms with Crippen molar-refractivity contribution in [1.82, 2.24) is 4.90 Å². The summed E-state index contributed by atoms with van der Waals surface area (Å²) in [6.45, 7) is -1.06. The molecule has 27 heavy (non-hydrogen) atoms. The van der Waals surface area contributed by atoms with E-state index >= 15 is 0 Å². The van der Waals surface area contributed by atoms with Crippen LogP contribution in [0.5, 0.6) is 0 Å². The van der Waals surface area contributed by atoms with Crippen molar-refractivity contribution in [2.75, 3.05) is 18.5 Å². The van der Waals surface area contributed by atoms with E-state index in [1.54, 1.807) is 18.2 Å². The molecule has 0 radical (unpaired) electrons. The number of rotatable bonds is 5. The molecule has 144 valence electrons. The smallest absolute Gasteiger partial charge is 0.326 e. The van der Waals surface area contributed by atoms with E-state index in [1.807, 2.05) is 0 Å². The molecule has 2 aliphatic rings. The van der Waals surface area contributed by atoms with Crippen LogP contribution in [-0.4, -0.2) is 41.7 Å². The summed E-state index contributed by atoms with van der Waals surface area (Å²) in [6, 6.07) is 4.74. The van der Waals surface area contributed by atoms with Crippen molar-refractivity contribution in [2.45, 2.75) is 25.7 Å². The fourth-order valence-electron chi connectivity index (χ4n) is 3.50. The largest absolute Gasteiger partial charge is 0.454 e. The number of fused-ring (bicyclic) bond motifs is 1. The molecule has 3 amide bonds. The monoisotopic (exact) mass is 412 g/mol. The highest BCUT2D eigenvalue weighted by Gasteiger charge is 2.48. The number of carbonyl (C=O) groups excluding carboxylic acids is 4. The van der Waals surface area contributed by atoms with Gasteiger partial charge in [0, 0.05) is 0 Å². The summed E-state index contributed by atoms with van der Waals surface area (Å²) in [7, 11) is 0. The van der Waals surface area contributed by atoms with Crippen molar-refractivity contribution >= 4 is 52.6 Å². The minimum atomic E-state index is -0.823. The Labute approximate surface area is 165 Å². The summed E-state index contributed by atoms with van der Waals surface area (Å²) in [4.78, 5) is 49.5. The van der Waals surface area contributed by atoms with Crippen LogP contribution in [0.3, 0.4) is 0 Å². The summed E-state index contributed by atoms with van der Waals surface area (Å²) in [6.07, 6.45) is 3.15. The summed E-state index contributed by atoms with van der Waals surface area (Å²) in [5.74, 6) is -2.76.